The average molecular weight is 271 g/mol. The Morgan fingerprint density at radius 1 is 1.26 bits per heavy atom. The molecule has 19 heavy (non-hydrogen) atoms. The van der Waals surface area contributed by atoms with E-state index in [-0.39, 0.29) is 11.9 Å². The standard InChI is InChI=1S/C16H17NOS/c1-13(12-15-8-5-11-19-15)17-16(18)10-9-14-6-3-2-4-7-14/h2-11,13H,12H2,1H3,(H,17,18)/b10-9+/t13-/m1/s1. The van der Waals surface area contributed by atoms with E-state index in [0.717, 1.165) is 12.0 Å². The third-order valence-corrected chi connectivity index (χ3v) is 3.60. The van der Waals surface area contributed by atoms with Gasteiger partial charge >= 0.3 is 0 Å². The third-order valence-electron chi connectivity index (χ3n) is 2.70. The van der Waals surface area contributed by atoms with Crippen molar-refractivity contribution in [2.24, 2.45) is 0 Å². The van der Waals surface area contributed by atoms with Gasteiger partial charge in [0, 0.05) is 23.4 Å². The largest absolute Gasteiger partial charge is 0.350 e. The first-order valence-electron chi connectivity index (χ1n) is 6.30. The molecule has 1 aromatic carbocycles. The zero-order chi connectivity index (χ0) is 13.5. The maximum atomic E-state index is 11.8. The molecule has 0 fully saturated rings. The summed E-state index contributed by atoms with van der Waals surface area (Å²) in [6.45, 7) is 2.02. The predicted octanol–water partition coefficient (Wildman–Crippen LogP) is 3.51. The van der Waals surface area contributed by atoms with Crippen molar-refractivity contribution < 1.29 is 4.79 Å². The zero-order valence-corrected chi connectivity index (χ0v) is 11.7. The van der Waals surface area contributed by atoms with Crippen LogP contribution in [0, 0.1) is 0 Å². The fourth-order valence-electron chi connectivity index (χ4n) is 1.81. The van der Waals surface area contributed by atoms with Crippen LogP contribution < -0.4 is 5.32 Å². The summed E-state index contributed by atoms with van der Waals surface area (Å²) in [6.07, 6.45) is 4.29. The molecule has 0 saturated carbocycles. The first-order valence-corrected chi connectivity index (χ1v) is 7.18. The van der Waals surface area contributed by atoms with E-state index < -0.39 is 0 Å². The Morgan fingerprint density at radius 2 is 2.05 bits per heavy atom. The molecule has 98 valence electrons. The van der Waals surface area contributed by atoms with Crippen molar-refractivity contribution in [3.63, 3.8) is 0 Å². The van der Waals surface area contributed by atoms with Crippen molar-refractivity contribution in [1.82, 2.24) is 5.32 Å². The Bertz CT molecular complexity index is 531. The first-order chi connectivity index (χ1) is 9.24. The van der Waals surface area contributed by atoms with Crippen LogP contribution >= 0.6 is 11.3 Å². The van der Waals surface area contributed by atoms with Crippen LogP contribution in [-0.2, 0) is 11.2 Å². The van der Waals surface area contributed by atoms with Crippen LogP contribution in [0.25, 0.3) is 6.08 Å². The minimum Gasteiger partial charge on any atom is -0.350 e. The number of hydrogen-bond acceptors (Lipinski definition) is 2. The van der Waals surface area contributed by atoms with E-state index in [1.54, 1.807) is 17.4 Å². The van der Waals surface area contributed by atoms with E-state index in [0.29, 0.717) is 0 Å². The lowest BCUT2D eigenvalue weighted by Crippen LogP contribution is -2.32. The Hall–Kier alpha value is -1.87. The molecule has 2 rings (SSSR count). The number of benzene rings is 1. The lowest BCUT2D eigenvalue weighted by Gasteiger charge is -2.10. The van der Waals surface area contributed by atoms with Gasteiger partial charge in [0.2, 0.25) is 5.91 Å². The second-order valence-electron chi connectivity index (χ2n) is 4.44. The van der Waals surface area contributed by atoms with Crippen LogP contribution in [0.15, 0.2) is 53.9 Å². The Kier molecular flexibility index (Phi) is 4.93. The van der Waals surface area contributed by atoms with E-state index in [2.05, 4.69) is 16.8 Å². The maximum absolute atomic E-state index is 11.8. The van der Waals surface area contributed by atoms with E-state index in [1.807, 2.05) is 49.4 Å². The van der Waals surface area contributed by atoms with E-state index in [1.165, 1.54) is 4.88 Å². The van der Waals surface area contributed by atoms with E-state index in [9.17, 15) is 4.79 Å². The second kappa shape index (κ2) is 6.90. The highest BCUT2D eigenvalue weighted by atomic mass is 32.1. The minimum absolute atomic E-state index is 0.0482. The molecule has 0 bridgehead atoms. The summed E-state index contributed by atoms with van der Waals surface area (Å²) in [5.74, 6) is -0.0482. The van der Waals surface area contributed by atoms with Crippen LogP contribution in [0.4, 0.5) is 0 Å². The quantitative estimate of drug-likeness (QED) is 0.828. The average Bonchev–Trinajstić information content (AvgIpc) is 2.90. The fourth-order valence-corrected chi connectivity index (χ4v) is 2.64. The molecule has 0 aliphatic carbocycles. The normalized spacial score (nSPS) is 12.5. The van der Waals surface area contributed by atoms with Gasteiger partial charge in [-0.1, -0.05) is 36.4 Å². The van der Waals surface area contributed by atoms with Gasteiger partial charge in [-0.2, -0.15) is 0 Å². The van der Waals surface area contributed by atoms with E-state index in [4.69, 9.17) is 0 Å². The number of hydrogen-bond donors (Lipinski definition) is 1. The Labute approximate surface area is 117 Å². The molecule has 2 nitrogen and oxygen atoms in total. The summed E-state index contributed by atoms with van der Waals surface area (Å²) in [4.78, 5) is 13.1. The lowest BCUT2D eigenvalue weighted by molar-refractivity contribution is -0.117. The highest BCUT2D eigenvalue weighted by Crippen LogP contribution is 2.10. The van der Waals surface area contributed by atoms with Crippen LogP contribution in [0.3, 0.4) is 0 Å². The molecule has 3 heteroatoms. The predicted molar refractivity (Wildman–Crippen MR) is 81.1 cm³/mol. The minimum atomic E-state index is -0.0482. The highest BCUT2D eigenvalue weighted by Gasteiger charge is 2.06. The zero-order valence-electron chi connectivity index (χ0n) is 10.9. The summed E-state index contributed by atoms with van der Waals surface area (Å²) in [5, 5.41) is 5.02. The molecular formula is C16H17NOS. The van der Waals surface area contributed by atoms with Gasteiger partial charge in [0.25, 0.3) is 0 Å². The highest BCUT2D eigenvalue weighted by molar-refractivity contribution is 7.09. The van der Waals surface area contributed by atoms with Crippen LogP contribution in [0.5, 0.6) is 0 Å². The number of nitrogens with one attached hydrogen (secondary N) is 1. The molecule has 1 aromatic heterocycles. The van der Waals surface area contributed by atoms with Crippen LogP contribution in [0.1, 0.15) is 17.4 Å². The molecule has 0 radical (unpaired) electrons. The van der Waals surface area contributed by atoms with Crippen molar-refractivity contribution in [3.8, 4) is 0 Å². The summed E-state index contributed by atoms with van der Waals surface area (Å²) >= 11 is 1.72. The summed E-state index contributed by atoms with van der Waals surface area (Å²) in [6, 6.07) is 14.1. The van der Waals surface area contributed by atoms with Gasteiger partial charge in [0.1, 0.15) is 0 Å². The van der Waals surface area contributed by atoms with Crippen molar-refractivity contribution in [2.75, 3.05) is 0 Å². The summed E-state index contributed by atoms with van der Waals surface area (Å²) < 4.78 is 0. The molecule has 1 atom stereocenters. The van der Waals surface area contributed by atoms with Gasteiger partial charge in [-0.05, 0) is 30.0 Å². The summed E-state index contributed by atoms with van der Waals surface area (Å²) in [7, 11) is 0. The number of rotatable bonds is 5. The molecule has 0 spiro atoms. The van der Waals surface area contributed by atoms with Crippen molar-refractivity contribution in [3.05, 3.63) is 64.4 Å². The third kappa shape index (κ3) is 4.72. The smallest absolute Gasteiger partial charge is 0.244 e. The molecule has 1 heterocycles. The van der Waals surface area contributed by atoms with Gasteiger partial charge < -0.3 is 5.32 Å². The van der Waals surface area contributed by atoms with Crippen molar-refractivity contribution in [2.45, 2.75) is 19.4 Å². The summed E-state index contributed by atoms with van der Waals surface area (Å²) in [5.41, 5.74) is 1.03. The van der Waals surface area contributed by atoms with Gasteiger partial charge in [-0.3, -0.25) is 4.79 Å². The van der Waals surface area contributed by atoms with Gasteiger partial charge in [0.15, 0.2) is 0 Å². The second-order valence-corrected chi connectivity index (χ2v) is 5.47. The molecule has 1 amide bonds. The number of carbonyl (C=O) groups is 1. The number of carbonyl (C=O) groups excluding carboxylic acids is 1. The van der Waals surface area contributed by atoms with Gasteiger partial charge in [-0.15, -0.1) is 11.3 Å². The number of amides is 1. The number of thiophene rings is 1. The van der Waals surface area contributed by atoms with Gasteiger partial charge in [0.05, 0.1) is 0 Å². The first kappa shape index (κ1) is 13.6. The Morgan fingerprint density at radius 3 is 2.74 bits per heavy atom. The molecule has 0 unspecified atom stereocenters. The molecule has 2 aromatic rings. The van der Waals surface area contributed by atoms with Crippen LogP contribution in [0.2, 0.25) is 0 Å². The fraction of sp³-hybridized carbons (Fsp3) is 0.188. The SMILES string of the molecule is C[C@H](Cc1cccs1)NC(=O)/C=C/c1ccccc1. The van der Waals surface area contributed by atoms with Crippen LogP contribution in [-0.4, -0.2) is 11.9 Å². The molecular weight excluding hydrogens is 254 g/mol. The topological polar surface area (TPSA) is 29.1 Å². The van der Waals surface area contributed by atoms with Crippen molar-refractivity contribution >= 4 is 23.3 Å². The molecule has 1 N–H and O–H groups in total. The van der Waals surface area contributed by atoms with E-state index >= 15 is 0 Å². The maximum Gasteiger partial charge on any atom is 0.244 e. The van der Waals surface area contributed by atoms with Crippen molar-refractivity contribution in [1.29, 1.82) is 0 Å². The Balaban J connectivity index is 1.82. The molecule has 0 saturated heterocycles. The molecule has 0 aliphatic rings. The van der Waals surface area contributed by atoms with Gasteiger partial charge in [-0.25, -0.2) is 0 Å². The molecule has 0 aliphatic heterocycles. The monoisotopic (exact) mass is 271 g/mol. The lowest BCUT2D eigenvalue weighted by atomic mass is 10.2.